The molecule has 1 aromatic carbocycles. The lowest BCUT2D eigenvalue weighted by molar-refractivity contribution is -0.134. The summed E-state index contributed by atoms with van der Waals surface area (Å²) in [4.78, 5) is 10.4. The van der Waals surface area contributed by atoms with Crippen LogP contribution in [0.5, 0.6) is 0 Å². The van der Waals surface area contributed by atoms with Crippen LogP contribution < -0.4 is 11.1 Å². The van der Waals surface area contributed by atoms with E-state index in [0.717, 1.165) is 10.9 Å². The Bertz CT molecular complexity index is 506. The zero-order valence-corrected chi connectivity index (χ0v) is 7.82. The topological polar surface area (TPSA) is 104 Å². The highest BCUT2D eigenvalue weighted by Crippen LogP contribution is 2.24. The number of nitrogen functional groups attached to an aromatic ring is 1. The number of carboxylic acids is 1. The Labute approximate surface area is 85.1 Å². The third-order valence-electron chi connectivity index (χ3n) is 2.04. The van der Waals surface area contributed by atoms with Gasteiger partial charge in [-0.3, -0.25) is 9.89 Å². The fourth-order valence-corrected chi connectivity index (χ4v) is 1.33. The van der Waals surface area contributed by atoms with Crippen LogP contribution in [0.3, 0.4) is 0 Å². The molecule has 0 aliphatic rings. The van der Waals surface area contributed by atoms with E-state index in [1.165, 1.54) is 0 Å². The average Bonchev–Trinajstić information content (AvgIpc) is 2.60. The first-order chi connectivity index (χ1) is 7.16. The van der Waals surface area contributed by atoms with Crippen molar-refractivity contribution in [2.24, 2.45) is 0 Å². The fraction of sp³-hybridized carbons (Fsp3) is 0.111. The van der Waals surface area contributed by atoms with Crippen molar-refractivity contribution < 1.29 is 9.90 Å². The highest BCUT2D eigenvalue weighted by atomic mass is 16.4. The van der Waals surface area contributed by atoms with Gasteiger partial charge in [-0.15, -0.1) is 0 Å². The molecule has 6 heteroatoms. The molecule has 78 valence electrons. The van der Waals surface area contributed by atoms with Crippen molar-refractivity contribution in [2.75, 3.05) is 17.6 Å². The Morgan fingerprint density at radius 2 is 2.40 bits per heavy atom. The molecule has 2 aromatic rings. The molecule has 15 heavy (non-hydrogen) atoms. The van der Waals surface area contributed by atoms with Crippen LogP contribution in [0.4, 0.5) is 11.4 Å². The lowest BCUT2D eigenvalue weighted by atomic mass is 10.2. The number of rotatable bonds is 3. The Balaban J connectivity index is 2.33. The summed E-state index contributed by atoms with van der Waals surface area (Å²) in [6, 6.07) is 3.48. The molecule has 5 N–H and O–H groups in total. The number of aromatic amines is 1. The minimum Gasteiger partial charge on any atom is -0.480 e. The van der Waals surface area contributed by atoms with E-state index in [4.69, 9.17) is 10.8 Å². The molecule has 0 aliphatic carbocycles. The minimum atomic E-state index is -0.931. The predicted octanol–water partition coefficient (Wildman–Crippen LogP) is 0.642. The van der Waals surface area contributed by atoms with E-state index >= 15 is 0 Å². The van der Waals surface area contributed by atoms with Crippen molar-refractivity contribution in [3.05, 3.63) is 18.3 Å². The molecule has 0 fully saturated rings. The molecule has 0 radical (unpaired) electrons. The first kappa shape index (κ1) is 9.32. The Morgan fingerprint density at radius 3 is 3.13 bits per heavy atom. The quantitative estimate of drug-likeness (QED) is 0.552. The normalized spacial score (nSPS) is 10.4. The second-order valence-electron chi connectivity index (χ2n) is 3.14. The maximum Gasteiger partial charge on any atom is 0.322 e. The monoisotopic (exact) mass is 206 g/mol. The summed E-state index contributed by atoms with van der Waals surface area (Å²) >= 11 is 0. The molecule has 1 aromatic heterocycles. The smallest absolute Gasteiger partial charge is 0.322 e. The molecule has 0 amide bonds. The summed E-state index contributed by atoms with van der Waals surface area (Å²) in [6.45, 7) is -0.163. The summed E-state index contributed by atoms with van der Waals surface area (Å²) < 4.78 is 0. The van der Waals surface area contributed by atoms with Crippen LogP contribution in [0.2, 0.25) is 0 Å². The Morgan fingerprint density at radius 1 is 1.60 bits per heavy atom. The third kappa shape index (κ3) is 1.83. The van der Waals surface area contributed by atoms with E-state index in [9.17, 15) is 4.79 Å². The standard InChI is InChI=1S/C9H10N4O2/c10-6-1-5-3-12-13-7(5)2-8(6)11-4-9(14)15/h1-3,11H,4,10H2,(H,12,13)(H,14,15). The van der Waals surface area contributed by atoms with Gasteiger partial charge in [0.25, 0.3) is 0 Å². The van der Waals surface area contributed by atoms with Crippen LogP contribution >= 0.6 is 0 Å². The first-order valence-electron chi connectivity index (χ1n) is 4.35. The molecule has 0 bridgehead atoms. The number of carboxylic acid groups (broad SMARTS) is 1. The van der Waals surface area contributed by atoms with Crippen molar-refractivity contribution in [2.45, 2.75) is 0 Å². The summed E-state index contributed by atoms with van der Waals surface area (Å²) in [6.07, 6.45) is 1.66. The molecular formula is C9H10N4O2. The highest BCUT2D eigenvalue weighted by Gasteiger charge is 2.04. The van der Waals surface area contributed by atoms with Crippen LogP contribution in [0.25, 0.3) is 10.9 Å². The zero-order valence-electron chi connectivity index (χ0n) is 7.82. The number of hydrogen-bond donors (Lipinski definition) is 4. The lowest BCUT2D eigenvalue weighted by Gasteiger charge is -2.06. The van der Waals surface area contributed by atoms with E-state index in [0.29, 0.717) is 11.4 Å². The summed E-state index contributed by atoms with van der Waals surface area (Å²) in [7, 11) is 0. The molecule has 0 atom stereocenters. The van der Waals surface area contributed by atoms with Gasteiger partial charge in [0.2, 0.25) is 0 Å². The molecule has 0 saturated heterocycles. The van der Waals surface area contributed by atoms with Crippen molar-refractivity contribution in [1.82, 2.24) is 10.2 Å². The Hall–Kier alpha value is -2.24. The zero-order chi connectivity index (χ0) is 10.8. The van der Waals surface area contributed by atoms with Gasteiger partial charge in [-0.05, 0) is 12.1 Å². The van der Waals surface area contributed by atoms with E-state index in [-0.39, 0.29) is 6.54 Å². The molecule has 0 spiro atoms. The second-order valence-corrected chi connectivity index (χ2v) is 3.14. The SMILES string of the molecule is Nc1cc2cn[nH]c2cc1NCC(=O)O. The number of nitrogens with two attached hydrogens (primary N) is 1. The van der Waals surface area contributed by atoms with Gasteiger partial charge < -0.3 is 16.2 Å². The predicted molar refractivity (Wildman–Crippen MR) is 56.6 cm³/mol. The van der Waals surface area contributed by atoms with Crippen LogP contribution in [0.1, 0.15) is 0 Å². The molecular weight excluding hydrogens is 196 g/mol. The largest absolute Gasteiger partial charge is 0.480 e. The van der Waals surface area contributed by atoms with E-state index < -0.39 is 5.97 Å². The highest BCUT2D eigenvalue weighted by molar-refractivity contribution is 5.89. The summed E-state index contributed by atoms with van der Waals surface area (Å²) in [5, 5.41) is 18.8. The number of benzene rings is 1. The second kappa shape index (κ2) is 3.49. The van der Waals surface area contributed by atoms with Gasteiger partial charge in [0.05, 0.1) is 23.1 Å². The van der Waals surface area contributed by atoms with Gasteiger partial charge >= 0.3 is 5.97 Å². The molecule has 1 heterocycles. The lowest BCUT2D eigenvalue weighted by Crippen LogP contribution is -2.13. The van der Waals surface area contributed by atoms with Gasteiger partial charge in [-0.25, -0.2) is 0 Å². The van der Waals surface area contributed by atoms with Crippen LogP contribution in [0.15, 0.2) is 18.3 Å². The van der Waals surface area contributed by atoms with Crippen LogP contribution in [0, 0.1) is 0 Å². The van der Waals surface area contributed by atoms with E-state index in [2.05, 4.69) is 15.5 Å². The minimum absolute atomic E-state index is 0.163. The van der Waals surface area contributed by atoms with Gasteiger partial charge in [0.15, 0.2) is 0 Å². The molecule has 6 nitrogen and oxygen atoms in total. The van der Waals surface area contributed by atoms with Crippen molar-refractivity contribution >= 4 is 28.2 Å². The van der Waals surface area contributed by atoms with E-state index in [1.807, 2.05) is 0 Å². The average molecular weight is 206 g/mol. The number of carbonyl (C=O) groups is 1. The van der Waals surface area contributed by atoms with Crippen molar-refractivity contribution in [1.29, 1.82) is 0 Å². The molecule has 0 unspecified atom stereocenters. The number of aromatic nitrogens is 2. The number of fused-ring (bicyclic) bond motifs is 1. The number of anilines is 2. The number of aliphatic carboxylic acids is 1. The Kier molecular flexibility index (Phi) is 2.17. The van der Waals surface area contributed by atoms with Crippen molar-refractivity contribution in [3.8, 4) is 0 Å². The number of H-pyrrole nitrogens is 1. The number of nitrogens with one attached hydrogen (secondary N) is 2. The fourth-order valence-electron chi connectivity index (χ4n) is 1.33. The maximum absolute atomic E-state index is 10.4. The summed E-state index contributed by atoms with van der Waals surface area (Å²) in [5.41, 5.74) is 7.65. The van der Waals surface area contributed by atoms with Gasteiger partial charge in [-0.1, -0.05) is 0 Å². The molecule has 0 aliphatic heterocycles. The van der Waals surface area contributed by atoms with E-state index in [1.54, 1.807) is 18.3 Å². The number of nitrogens with zero attached hydrogens (tertiary/aromatic N) is 1. The van der Waals surface area contributed by atoms with Gasteiger partial charge in [0.1, 0.15) is 6.54 Å². The maximum atomic E-state index is 10.4. The molecule has 2 rings (SSSR count). The summed E-state index contributed by atoms with van der Waals surface area (Å²) in [5.74, 6) is -0.931. The van der Waals surface area contributed by atoms with Gasteiger partial charge in [0, 0.05) is 5.39 Å². The van der Waals surface area contributed by atoms with Crippen molar-refractivity contribution in [3.63, 3.8) is 0 Å². The van der Waals surface area contributed by atoms with Crippen LogP contribution in [-0.2, 0) is 4.79 Å². The van der Waals surface area contributed by atoms with Gasteiger partial charge in [-0.2, -0.15) is 5.10 Å². The third-order valence-corrected chi connectivity index (χ3v) is 2.04. The molecule has 0 saturated carbocycles. The van der Waals surface area contributed by atoms with Crippen LogP contribution in [-0.4, -0.2) is 27.8 Å². The first-order valence-corrected chi connectivity index (χ1v) is 4.35. The number of hydrogen-bond acceptors (Lipinski definition) is 4.